The van der Waals surface area contributed by atoms with Crippen LogP contribution in [-0.4, -0.2) is 76.6 Å². The number of H-pyrrole nitrogens is 1. The van der Waals surface area contributed by atoms with Crippen LogP contribution < -0.4 is 22.1 Å². The Hall–Kier alpha value is -2.39. The zero-order valence-corrected chi connectivity index (χ0v) is 19.1. The average molecular weight is 496 g/mol. The van der Waals surface area contributed by atoms with Crippen molar-refractivity contribution in [2.75, 3.05) is 32.9 Å². The lowest BCUT2D eigenvalue weighted by Gasteiger charge is -2.16. The molecule has 33 heavy (non-hydrogen) atoms. The number of hydrogen-bond acceptors (Lipinski definition) is 11. The zero-order chi connectivity index (χ0) is 25.0. The first-order valence-electron chi connectivity index (χ1n) is 9.89. The van der Waals surface area contributed by atoms with Gasteiger partial charge >= 0.3 is 25.4 Å². The minimum Gasteiger partial charge on any atom is -0.465 e. The molecule has 0 bridgehead atoms. The molecule has 16 heteroatoms. The summed E-state index contributed by atoms with van der Waals surface area (Å²) in [6, 6.07) is 1.14. The van der Waals surface area contributed by atoms with Gasteiger partial charge in [-0.2, -0.15) is 0 Å². The number of ether oxygens (including phenoxy) is 3. The quantitative estimate of drug-likeness (QED) is 0.174. The van der Waals surface area contributed by atoms with Gasteiger partial charge in [-0.3, -0.25) is 33.8 Å². The van der Waals surface area contributed by atoms with Crippen molar-refractivity contribution < 1.29 is 42.9 Å². The third-order valence-corrected chi connectivity index (χ3v) is 4.46. The van der Waals surface area contributed by atoms with Crippen LogP contribution >= 0.6 is 7.75 Å². The van der Waals surface area contributed by atoms with Gasteiger partial charge in [-0.15, -0.1) is 0 Å². The SMILES string of the molecule is CCOC(=O)CNCC(=O)OCC.NP(=O)(O)OC[C@H]1O[C@@H](n2ccc(=O)[nH]c2=O)C[C@@H]1O. The lowest BCUT2D eigenvalue weighted by molar-refractivity contribution is -0.143. The average Bonchev–Trinajstić information content (AvgIpc) is 3.07. The summed E-state index contributed by atoms with van der Waals surface area (Å²) in [6.07, 6.45) is -1.39. The maximum absolute atomic E-state index is 11.6. The van der Waals surface area contributed by atoms with E-state index in [1.807, 2.05) is 0 Å². The highest BCUT2D eigenvalue weighted by Gasteiger charge is 2.36. The molecule has 0 saturated carbocycles. The molecular formula is C17H29N4O11P. The van der Waals surface area contributed by atoms with E-state index in [0.717, 1.165) is 10.6 Å². The molecule has 1 aromatic heterocycles. The number of aliphatic hydroxyl groups excluding tert-OH is 1. The van der Waals surface area contributed by atoms with Gasteiger partial charge in [0.2, 0.25) is 0 Å². The van der Waals surface area contributed by atoms with Gasteiger partial charge in [0.15, 0.2) is 0 Å². The third kappa shape index (κ3) is 11.3. The van der Waals surface area contributed by atoms with Crippen LogP contribution in [0, 0.1) is 0 Å². The van der Waals surface area contributed by atoms with Crippen LogP contribution in [0.3, 0.4) is 0 Å². The van der Waals surface area contributed by atoms with E-state index in [9.17, 15) is 28.8 Å². The van der Waals surface area contributed by atoms with Crippen LogP contribution in [0.2, 0.25) is 0 Å². The minimum atomic E-state index is -4.16. The topological polar surface area (TPSA) is 221 Å². The van der Waals surface area contributed by atoms with E-state index in [1.165, 1.54) is 6.20 Å². The maximum Gasteiger partial charge on any atom is 0.400 e. The predicted molar refractivity (Wildman–Crippen MR) is 112 cm³/mol. The second kappa shape index (κ2) is 14.0. The zero-order valence-electron chi connectivity index (χ0n) is 18.2. The molecule has 2 heterocycles. The van der Waals surface area contributed by atoms with Gasteiger partial charge in [-0.1, -0.05) is 0 Å². The molecule has 2 rings (SSSR count). The fourth-order valence-electron chi connectivity index (χ4n) is 2.56. The number of carbonyl (C=O) groups excluding carboxylic acids is 2. The third-order valence-electron chi connectivity index (χ3n) is 3.94. The van der Waals surface area contributed by atoms with Crippen molar-refractivity contribution in [3.63, 3.8) is 0 Å². The lowest BCUT2D eigenvalue weighted by Crippen LogP contribution is -2.31. The number of aliphatic hydroxyl groups is 1. The number of aromatic nitrogens is 2. The summed E-state index contributed by atoms with van der Waals surface area (Å²) in [5.41, 5.74) is 3.58. The Kier molecular flexibility index (Phi) is 12.2. The van der Waals surface area contributed by atoms with Crippen molar-refractivity contribution in [1.82, 2.24) is 14.9 Å². The fourth-order valence-corrected chi connectivity index (χ4v) is 2.92. The minimum absolute atomic E-state index is 0.0344. The molecule has 1 saturated heterocycles. The van der Waals surface area contributed by atoms with Gasteiger partial charge in [0, 0.05) is 18.7 Å². The second-order valence-electron chi connectivity index (χ2n) is 6.52. The van der Waals surface area contributed by atoms with Gasteiger partial charge in [0.05, 0.1) is 39.0 Å². The van der Waals surface area contributed by atoms with Crippen LogP contribution in [0.1, 0.15) is 26.5 Å². The summed E-state index contributed by atoms with van der Waals surface area (Å²) in [5, 5.41) is 12.4. The van der Waals surface area contributed by atoms with Crippen LogP contribution in [-0.2, 0) is 32.9 Å². The molecular weight excluding hydrogens is 467 g/mol. The van der Waals surface area contributed by atoms with Gasteiger partial charge in [-0.05, 0) is 13.8 Å². The van der Waals surface area contributed by atoms with Crippen LogP contribution in [0.25, 0.3) is 0 Å². The van der Waals surface area contributed by atoms with Crippen molar-refractivity contribution in [1.29, 1.82) is 0 Å². The number of aromatic amines is 1. The first-order chi connectivity index (χ1) is 15.5. The molecule has 6 N–H and O–H groups in total. The summed E-state index contributed by atoms with van der Waals surface area (Å²) in [6.45, 7) is 3.83. The molecule has 0 radical (unpaired) electrons. The van der Waals surface area contributed by atoms with Crippen LogP contribution in [0.5, 0.6) is 0 Å². The smallest absolute Gasteiger partial charge is 0.400 e. The van der Waals surface area contributed by atoms with E-state index in [-0.39, 0.29) is 38.1 Å². The van der Waals surface area contributed by atoms with Gasteiger partial charge < -0.3 is 24.2 Å². The van der Waals surface area contributed by atoms with E-state index < -0.39 is 37.4 Å². The lowest BCUT2D eigenvalue weighted by atomic mass is 10.2. The van der Waals surface area contributed by atoms with Crippen molar-refractivity contribution in [3.05, 3.63) is 33.1 Å². The monoisotopic (exact) mass is 496 g/mol. The van der Waals surface area contributed by atoms with Crippen molar-refractivity contribution in [3.8, 4) is 0 Å². The number of nitrogens with zero attached hydrogens (tertiary/aromatic N) is 1. The van der Waals surface area contributed by atoms with Gasteiger partial charge in [-0.25, -0.2) is 14.9 Å². The number of hydrogen-bond donors (Lipinski definition) is 5. The van der Waals surface area contributed by atoms with Gasteiger partial charge in [0.25, 0.3) is 5.56 Å². The van der Waals surface area contributed by atoms with E-state index >= 15 is 0 Å². The second-order valence-corrected chi connectivity index (χ2v) is 7.91. The first kappa shape index (κ1) is 28.6. The summed E-state index contributed by atoms with van der Waals surface area (Å²) in [7, 11) is -4.16. The van der Waals surface area contributed by atoms with Gasteiger partial charge in [0.1, 0.15) is 12.3 Å². The molecule has 15 nitrogen and oxygen atoms in total. The van der Waals surface area contributed by atoms with Crippen molar-refractivity contribution in [2.45, 2.75) is 38.7 Å². The number of esters is 2. The molecule has 1 aliphatic heterocycles. The Bertz CT molecular complexity index is 910. The number of nitrogens with one attached hydrogen (secondary N) is 2. The van der Waals surface area contributed by atoms with Crippen LogP contribution in [0.4, 0.5) is 0 Å². The number of nitrogens with two attached hydrogens (primary N) is 1. The van der Waals surface area contributed by atoms with E-state index in [0.29, 0.717) is 13.2 Å². The largest absolute Gasteiger partial charge is 0.465 e. The summed E-state index contributed by atoms with van der Waals surface area (Å²) in [5.74, 6) is -0.737. The fraction of sp³-hybridized carbons (Fsp3) is 0.647. The van der Waals surface area contributed by atoms with Crippen LogP contribution in [0.15, 0.2) is 21.9 Å². The highest BCUT2D eigenvalue weighted by Crippen LogP contribution is 2.34. The highest BCUT2D eigenvalue weighted by atomic mass is 31.2. The summed E-state index contributed by atoms with van der Waals surface area (Å²) in [4.78, 5) is 54.9. The highest BCUT2D eigenvalue weighted by molar-refractivity contribution is 7.50. The molecule has 0 aromatic carbocycles. The first-order valence-corrected chi connectivity index (χ1v) is 11.5. The number of rotatable bonds is 10. The standard InChI is InChI=1S/C9H14N3O7P.C8H15NO4/c10-20(16,17)18-4-6-5(13)3-8(19-6)12-2-1-7(14)11-9(12)15;1-3-12-7(10)5-9-6-8(11)13-4-2/h1-2,5-6,8,13H,3-4H2,(H3,10,16,17)(H,11,14,15);9H,3-6H2,1-2H3/t5-,6+,8+;/m0./s1. The predicted octanol–water partition coefficient (Wildman–Crippen LogP) is -2.04. The molecule has 0 amide bonds. The molecule has 1 aliphatic rings. The van der Waals surface area contributed by atoms with E-state index in [2.05, 4.69) is 24.3 Å². The molecule has 0 spiro atoms. The van der Waals surface area contributed by atoms with E-state index in [4.69, 9.17) is 15.1 Å². The molecule has 1 fully saturated rings. The summed E-state index contributed by atoms with van der Waals surface area (Å²) >= 11 is 0. The summed E-state index contributed by atoms with van der Waals surface area (Å²) < 4.78 is 31.0. The molecule has 1 aromatic rings. The molecule has 4 atom stereocenters. The normalized spacial score (nSPS) is 21.4. The Labute approximate surface area is 188 Å². The molecule has 0 aliphatic carbocycles. The molecule has 1 unspecified atom stereocenters. The van der Waals surface area contributed by atoms with Crippen molar-refractivity contribution in [2.24, 2.45) is 5.50 Å². The van der Waals surface area contributed by atoms with E-state index in [1.54, 1.807) is 13.8 Å². The Morgan fingerprint density at radius 1 is 1.27 bits per heavy atom. The Balaban J connectivity index is 0.000000366. The molecule has 188 valence electrons. The maximum atomic E-state index is 11.6. The Morgan fingerprint density at radius 3 is 2.33 bits per heavy atom. The van der Waals surface area contributed by atoms with Crippen molar-refractivity contribution >= 4 is 19.7 Å². The number of carbonyl (C=O) groups is 2. The Morgan fingerprint density at radius 2 is 1.85 bits per heavy atom.